The van der Waals surface area contributed by atoms with E-state index in [-0.39, 0.29) is 0 Å². The first-order chi connectivity index (χ1) is 27.3. The highest BCUT2D eigenvalue weighted by Gasteiger charge is 2.18. The average Bonchev–Trinajstić information content (AvgIpc) is 3.61. The highest BCUT2D eigenvalue weighted by atomic mass is 15.0. The van der Waals surface area contributed by atoms with Gasteiger partial charge in [-0.1, -0.05) is 176 Å². The third kappa shape index (κ3) is 6.06. The van der Waals surface area contributed by atoms with Gasteiger partial charge in [-0.15, -0.1) is 0 Å². The van der Waals surface area contributed by atoms with Gasteiger partial charge in [0.15, 0.2) is 17.5 Å². The van der Waals surface area contributed by atoms with Gasteiger partial charge in [0, 0.05) is 33.2 Å². The fourth-order valence-corrected chi connectivity index (χ4v) is 7.61. The summed E-state index contributed by atoms with van der Waals surface area (Å²) >= 11 is 0. The van der Waals surface area contributed by atoms with E-state index in [4.69, 9.17) is 15.0 Å². The molecule has 2 heterocycles. The molecule has 0 radical (unpaired) electrons. The quantitative estimate of drug-likeness (QED) is 0.166. The van der Waals surface area contributed by atoms with Gasteiger partial charge in [-0.2, -0.15) is 0 Å². The first-order valence-corrected chi connectivity index (χ1v) is 18.5. The summed E-state index contributed by atoms with van der Waals surface area (Å²) in [5, 5.41) is 2.45. The molecule has 10 rings (SSSR count). The summed E-state index contributed by atoms with van der Waals surface area (Å²) in [4.78, 5) is 15.4. The van der Waals surface area contributed by atoms with Crippen molar-refractivity contribution in [3.63, 3.8) is 0 Å². The third-order valence-corrected chi connectivity index (χ3v) is 10.3. The second-order valence-electron chi connectivity index (χ2n) is 13.7. The Morgan fingerprint density at radius 3 is 1.53 bits per heavy atom. The van der Waals surface area contributed by atoms with E-state index in [9.17, 15) is 0 Å². The largest absolute Gasteiger partial charge is 0.309 e. The predicted molar refractivity (Wildman–Crippen MR) is 227 cm³/mol. The number of aromatic nitrogens is 4. The Morgan fingerprint density at radius 2 is 0.782 bits per heavy atom. The minimum Gasteiger partial charge on any atom is -0.309 e. The topological polar surface area (TPSA) is 43.6 Å². The van der Waals surface area contributed by atoms with Gasteiger partial charge in [-0.25, -0.2) is 15.0 Å². The Kier molecular flexibility index (Phi) is 8.12. The van der Waals surface area contributed by atoms with Gasteiger partial charge in [0.25, 0.3) is 0 Å². The summed E-state index contributed by atoms with van der Waals surface area (Å²) < 4.78 is 2.39. The molecule has 0 atom stereocenters. The van der Waals surface area contributed by atoms with E-state index in [1.807, 2.05) is 36.4 Å². The number of hydrogen-bond donors (Lipinski definition) is 0. The smallest absolute Gasteiger partial charge is 0.164 e. The van der Waals surface area contributed by atoms with Gasteiger partial charge < -0.3 is 4.57 Å². The zero-order valence-corrected chi connectivity index (χ0v) is 29.9. The molecular weight excluding hydrogens is 669 g/mol. The van der Waals surface area contributed by atoms with E-state index >= 15 is 0 Å². The Balaban J connectivity index is 1.13. The molecule has 0 aliphatic carbocycles. The highest BCUT2D eigenvalue weighted by molar-refractivity contribution is 6.10. The van der Waals surface area contributed by atoms with Crippen molar-refractivity contribution in [1.29, 1.82) is 0 Å². The molecule has 10 aromatic rings. The summed E-state index contributed by atoms with van der Waals surface area (Å²) in [5.74, 6) is 1.89. The molecule has 55 heavy (non-hydrogen) atoms. The lowest BCUT2D eigenvalue weighted by atomic mass is 9.98. The van der Waals surface area contributed by atoms with Gasteiger partial charge in [0.05, 0.1) is 11.0 Å². The molecule has 0 aliphatic rings. The third-order valence-electron chi connectivity index (χ3n) is 10.3. The van der Waals surface area contributed by atoms with Gasteiger partial charge in [0.1, 0.15) is 0 Å². The van der Waals surface area contributed by atoms with Crippen LogP contribution in [-0.4, -0.2) is 19.5 Å². The molecule has 4 heteroatoms. The molecule has 0 aliphatic heterocycles. The zero-order valence-electron chi connectivity index (χ0n) is 29.9. The van der Waals surface area contributed by atoms with Crippen LogP contribution in [0.2, 0.25) is 0 Å². The lowest BCUT2D eigenvalue weighted by Crippen LogP contribution is -2.01. The number of benzene rings is 8. The molecule has 0 fully saturated rings. The first-order valence-electron chi connectivity index (χ1n) is 18.5. The monoisotopic (exact) mass is 702 g/mol. The zero-order chi connectivity index (χ0) is 36.6. The second kappa shape index (κ2) is 13.8. The molecule has 0 N–H and O–H groups in total. The SMILES string of the molecule is c1ccc(-c2cccc(-c3nc(-c4ccccc4)nc(-c4ccccc4-c4cccc(-n5c6ccccc6c6ccc(-c7ccccc7)cc65)c4)n3)c2)cc1. The van der Waals surface area contributed by atoms with E-state index in [1.165, 1.54) is 32.9 Å². The van der Waals surface area contributed by atoms with E-state index < -0.39 is 0 Å². The molecule has 0 unspecified atom stereocenters. The molecular formula is C51H34N4. The van der Waals surface area contributed by atoms with Crippen LogP contribution in [0.4, 0.5) is 0 Å². The summed E-state index contributed by atoms with van der Waals surface area (Å²) in [6.07, 6.45) is 0. The predicted octanol–water partition coefficient (Wildman–Crippen LogP) is 13.0. The van der Waals surface area contributed by atoms with Crippen LogP contribution in [0.5, 0.6) is 0 Å². The van der Waals surface area contributed by atoms with Gasteiger partial charge in [-0.05, 0) is 63.7 Å². The minimum absolute atomic E-state index is 0.624. The van der Waals surface area contributed by atoms with Crippen LogP contribution >= 0.6 is 0 Å². The lowest BCUT2D eigenvalue weighted by molar-refractivity contribution is 1.07. The normalized spacial score (nSPS) is 11.3. The molecule has 0 bridgehead atoms. The Hall–Kier alpha value is -7.43. The number of hydrogen-bond acceptors (Lipinski definition) is 3. The number of nitrogens with zero attached hydrogens (tertiary/aromatic N) is 4. The molecule has 4 nitrogen and oxygen atoms in total. The van der Waals surface area contributed by atoms with Crippen LogP contribution in [0, 0.1) is 0 Å². The van der Waals surface area contributed by atoms with Crippen LogP contribution < -0.4 is 0 Å². The van der Waals surface area contributed by atoms with Crippen LogP contribution in [0.25, 0.3) is 95.0 Å². The molecule has 258 valence electrons. The van der Waals surface area contributed by atoms with Gasteiger partial charge >= 0.3 is 0 Å². The Bertz CT molecular complexity index is 2970. The van der Waals surface area contributed by atoms with E-state index in [2.05, 4.69) is 174 Å². The maximum absolute atomic E-state index is 5.19. The Labute approximate surface area is 319 Å². The van der Waals surface area contributed by atoms with Crippen molar-refractivity contribution in [2.75, 3.05) is 0 Å². The number of rotatable bonds is 7. The molecule has 8 aromatic carbocycles. The first kappa shape index (κ1) is 32.2. The van der Waals surface area contributed by atoms with Gasteiger partial charge in [-0.3, -0.25) is 0 Å². The van der Waals surface area contributed by atoms with E-state index in [1.54, 1.807) is 0 Å². The fraction of sp³-hybridized carbons (Fsp3) is 0. The summed E-state index contributed by atoms with van der Waals surface area (Å²) in [5.41, 5.74) is 13.0. The minimum atomic E-state index is 0.624. The van der Waals surface area contributed by atoms with Crippen molar-refractivity contribution in [3.8, 4) is 73.2 Å². The highest BCUT2D eigenvalue weighted by Crippen LogP contribution is 2.38. The summed E-state index contributed by atoms with van der Waals surface area (Å²) in [6, 6.07) is 72.3. The molecule has 0 saturated heterocycles. The molecule has 0 amide bonds. The second-order valence-corrected chi connectivity index (χ2v) is 13.7. The lowest BCUT2D eigenvalue weighted by Gasteiger charge is -2.14. The summed E-state index contributed by atoms with van der Waals surface area (Å²) in [7, 11) is 0. The standard InChI is InChI=1S/C51H34N4/c1-4-16-35(17-5-1)38-22-14-24-41(32-38)50-52-49(37-20-8-3-9-21-37)53-51(54-50)46-28-11-10-26-43(46)40-23-15-25-42(33-40)55-47-29-13-12-27-44(47)45-31-30-39(34-48(45)55)36-18-6-2-7-19-36/h1-34H. The molecule has 0 saturated carbocycles. The number of fused-ring (bicyclic) bond motifs is 3. The number of para-hydroxylation sites is 1. The van der Waals surface area contributed by atoms with Crippen molar-refractivity contribution in [2.45, 2.75) is 0 Å². The van der Waals surface area contributed by atoms with Crippen molar-refractivity contribution in [3.05, 3.63) is 206 Å². The van der Waals surface area contributed by atoms with Crippen LogP contribution in [0.1, 0.15) is 0 Å². The maximum Gasteiger partial charge on any atom is 0.164 e. The van der Waals surface area contributed by atoms with Crippen molar-refractivity contribution >= 4 is 21.8 Å². The maximum atomic E-state index is 5.19. The van der Waals surface area contributed by atoms with Crippen molar-refractivity contribution in [1.82, 2.24) is 19.5 Å². The Morgan fingerprint density at radius 1 is 0.273 bits per heavy atom. The van der Waals surface area contributed by atoms with E-state index in [0.29, 0.717) is 17.5 Å². The van der Waals surface area contributed by atoms with Crippen LogP contribution in [0.3, 0.4) is 0 Å². The molecule has 2 aromatic heterocycles. The van der Waals surface area contributed by atoms with Crippen LogP contribution in [0.15, 0.2) is 206 Å². The van der Waals surface area contributed by atoms with Crippen molar-refractivity contribution < 1.29 is 0 Å². The van der Waals surface area contributed by atoms with E-state index in [0.717, 1.165) is 44.6 Å². The molecule has 0 spiro atoms. The average molecular weight is 703 g/mol. The van der Waals surface area contributed by atoms with Crippen LogP contribution in [-0.2, 0) is 0 Å². The fourth-order valence-electron chi connectivity index (χ4n) is 7.61. The van der Waals surface area contributed by atoms with Crippen molar-refractivity contribution in [2.24, 2.45) is 0 Å². The summed E-state index contributed by atoms with van der Waals surface area (Å²) in [6.45, 7) is 0. The van der Waals surface area contributed by atoms with Gasteiger partial charge in [0.2, 0.25) is 0 Å².